The van der Waals surface area contributed by atoms with Crippen LogP contribution in [0.2, 0.25) is 0 Å². The maximum absolute atomic E-state index is 13.3. The molecule has 5 rings (SSSR count). The highest BCUT2D eigenvalue weighted by molar-refractivity contribution is 5.97. The number of carbonyl (C=O) groups is 3. The van der Waals surface area contributed by atoms with E-state index in [4.69, 9.17) is 9.47 Å². The molecule has 0 radical (unpaired) electrons. The first-order valence-electron chi connectivity index (χ1n) is 11.1. The monoisotopic (exact) mass is 434 g/mol. The molecule has 0 N–H and O–H groups in total. The van der Waals surface area contributed by atoms with Gasteiger partial charge in [-0.1, -0.05) is 30.3 Å². The van der Waals surface area contributed by atoms with E-state index in [1.54, 1.807) is 15.9 Å². The van der Waals surface area contributed by atoms with Crippen LogP contribution in [0.1, 0.15) is 57.0 Å². The molecule has 2 aromatic carbocycles. The topological polar surface area (TPSA) is 76.2 Å². The Balaban J connectivity index is 1.29. The third kappa shape index (κ3) is 3.42. The number of esters is 1. The molecular weight excluding hydrogens is 408 g/mol. The summed E-state index contributed by atoms with van der Waals surface area (Å²) in [6.45, 7) is 2.21. The van der Waals surface area contributed by atoms with Gasteiger partial charge in [0.2, 0.25) is 0 Å². The summed E-state index contributed by atoms with van der Waals surface area (Å²) in [6.07, 6.45) is 2.00. The Bertz CT molecular complexity index is 1080. The fourth-order valence-corrected chi connectivity index (χ4v) is 5.24. The Labute approximate surface area is 186 Å². The van der Waals surface area contributed by atoms with Crippen LogP contribution in [0.15, 0.2) is 48.5 Å². The SMILES string of the molecule is COC(=O)N1CCC(c2cccc(C(=O)N3CC[C@@]4(C3)OC(=O)c3ccccc34)c2)CC1. The Morgan fingerprint density at radius 3 is 2.59 bits per heavy atom. The van der Waals surface area contributed by atoms with Gasteiger partial charge in [0.15, 0.2) is 5.60 Å². The molecule has 1 atom stereocenters. The first-order chi connectivity index (χ1) is 15.5. The van der Waals surface area contributed by atoms with Crippen LogP contribution in [0.25, 0.3) is 0 Å². The molecule has 2 fully saturated rings. The van der Waals surface area contributed by atoms with Gasteiger partial charge >= 0.3 is 12.1 Å². The van der Waals surface area contributed by atoms with Gasteiger partial charge < -0.3 is 19.3 Å². The summed E-state index contributed by atoms with van der Waals surface area (Å²) in [5.41, 5.74) is 2.51. The van der Waals surface area contributed by atoms with Crippen molar-refractivity contribution in [3.05, 3.63) is 70.8 Å². The van der Waals surface area contributed by atoms with Crippen molar-refractivity contribution in [3.8, 4) is 0 Å². The van der Waals surface area contributed by atoms with Gasteiger partial charge in [-0.15, -0.1) is 0 Å². The second-order valence-corrected chi connectivity index (χ2v) is 8.76. The maximum atomic E-state index is 13.3. The quantitative estimate of drug-likeness (QED) is 0.676. The summed E-state index contributed by atoms with van der Waals surface area (Å²) in [5.74, 6) is -0.0532. The Kier molecular flexibility index (Phi) is 5.12. The fraction of sp³-hybridized carbons (Fsp3) is 0.400. The second-order valence-electron chi connectivity index (χ2n) is 8.76. The van der Waals surface area contributed by atoms with Crippen molar-refractivity contribution in [1.82, 2.24) is 9.80 Å². The molecule has 3 aliphatic heterocycles. The van der Waals surface area contributed by atoms with Gasteiger partial charge in [0.1, 0.15) is 0 Å². The van der Waals surface area contributed by atoms with E-state index in [-0.39, 0.29) is 18.0 Å². The molecule has 2 saturated heterocycles. The van der Waals surface area contributed by atoms with Gasteiger partial charge in [-0.2, -0.15) is 0 Å². The molecule has 3 aliphatic rings. The van der Waals surface area contributed by atoms with E-state index in [0.717, 1.165) is 24.0 Å². The summed E-state index contributed by atoms with van der Waals surface area (Å²) in [5, 5.41) is 0. The number of benzene rings is 2. The molecule has 3 heterocycles. The van der Waals surface area contributed by atoms with Gasteiger partial charge in [-0.25, -0.2) is 9.59 Å². The highest BCUT2D eigenvalue weighted by Gasteiger charge is 2.50. The largest absolute Gasteiger partial charge is 0.453 e. The molecule has 32 heavy (non-hydrogen) atoms. The van der Waals surface area contributed by atoms with E-state index in [1.807, 2.05) is 36.4 Å². The Morgan fingerprint density at radius 1 is 1.03 bits per heavy atom. The van der Waals surface area contributed by atoms with Gasteiger partial charge in [0.05, 0.1) is 19.2 Å². The molecule has 166 valence electrons. The number of rotatable bonds is 2. The van der Waals surface area contributed by atoms with E-state index in [2.05, 4.69) is 6.07 Å². The lowest BCUT2D eigenvalue weighted by Crippen LogP contribution is -2.37. The number of piperidine rings is 1. The fourth-order valence-electron chi connectivity index (χ4n) is 5.24. The lowest BCUT2D eigenvalue weighted by Gasteiger charge is -2.31. The van der Waals surface area contributed by atoms with Crippen molar-refractivity contribution in [2.24, 2.45) is 0 Å². The molecule has 0 bridgehead atoms. The average molecular weight is 434 g/mol. The Hall–Kier alpha value is -3.35. The Morgan fingerprint density at radius 2 is 1.81 bits per heavy atom. The van der Waals surface area contributed by atoms with Crippen LogP contribution in [0.3, 0.4) is 0 Å². The smallest absolute Gasteiger partial charge is 0.409 e. The summed E-state index contributed by atoms with van der Waals surface area (Å²) in [4.78, 5) is 40.9. The second kappa shape index (κ2) is 7.97. The number of fused-ring (bicyclic) bond motifs is 2. The third-order valence-electron chi connectivity index (χ3n) is 6.98. The predicted octanol–water partition coefficient (Wildman–Crippen LogP) is 3.54. The first kappa shape index (κ1) is 20.5. The summed E-state index contributed by atoms with van der Waals surface area (Å²) in [7, 11) is 1.40. The van der Waals surface area contributed by atoms with E-state index in [1.165, 1.54) is 7.11 Å². The lowest BCUT2D eigenvalue weighted by atomic mass is 9.88. The van der Waals surface area contributed by atoms with Gasteiger partial charge in [0.25, 0.3) is 5.91 Å². The van der Waals surface area contributed by atoms with Crippen LogP contribution in [0, 0.1) is 0 Å². The normalized spacial score (nSPS) is 22.7. The number of methoxy groups -OCH3 is 1. The van der Waals surface area contributed by atoms with E-state index in [0.29, 0.717) is 49.6 Å². The molecule has 0 saturated carbocycles. The van der Waals surface area contributed by atoms with Crippen molar-refractivity contribution >= 4 is 18.0 Å². The minimum Gasteiger partial charge on any atom is -0.453 e. The van der Waals surface area contributed by atoms with E-state index < -0.39 is 5.60 Å². The number of hydrogen-bond donors (Lipinski definition) is 0. The average Bonchev–Trinajstić information content (AvgIpc) is 3.39. The van der Waals surface area contributed by atoms with Crippen LogP contribution in [0.5, 0.6) is 0 Å². The number of ether oxygens (including phenoxy) is 2. The standard InChI is InChI=1S/C25H26N2O5/c1-31-24(30)26-12-9-17(10-13-26)18-5-4-6-19(15-18)22(28)27-14-11-25(16-27)21-8-3-2-7-20(21)23(29)32-25/h2-8,15,17H,9-14,16H2,1H3/t25-/m0/s1. The minimum atomic E-state index is -0.734. The summed E-state index contributed by atoms with van der Waals surface area (Å²) in [6, 6.07) is 15.2. The predicted molar refractivity (Wildman–Crippen MR) is 116 cm³/mol. The number of amides is 2. The van der Waals surface area contributed by atoms with Crippen LogP contribution in [0.4, 0.5) is 4.79 Å². The number of carbonyl (C=O) groups excluding carboxylic acids is 3. The first-order valence-corrected chi connectivity index (χ1v) is 11.1. The van der Waals surface area contributed by atoms with Crippen molar-refractivity contribution in [2.45, 2.75) is 30.8 Å². The van der Waals surface area contributed by atoms with Crippen molar-refractivity contribution < 1.29 is 23.9 Å². The molecule has 2 aromatic rings. The molecule has 0 aliphatic carbocycles. The van der Waals surface area contributed by atoms with Crippen LogP contribution < -0.4 is 0 Å². The van der Waals surface area contributed by atoms with Crippen LogP contribution in [-0.4, -0.2) is 61.1 Å². The minimum absolute atomic E-state index is 0.0452. The van der Waals surface area contributed by atoms with Crippen molar-refractivity contribution in [2.75, 3.05) is 33.3 Å². The van der Waals surface area contributed by atoms with Gasteiger partial charge in [-0.05, 0) is 42.5 Å². The van der Waals surface area contributed by atoms with Crippen molar-refractivity contribution in [3.63, 3.8) is 0 Å². The lowest BCUT2D eigenvalue weighted by molar-refractivity contribution is -0.00306. The van der Waals surface area contributed by atoms with E-state index >= 15 is 0 Å². The van der Waals surface area contributed by atoms with Crippen molar-refractivity contribution in [1.29, 1.82) is 0 Å². The van der Waals surface area contributed by atoms with Crippen LogP contribution in [-0.2, 0) is 15.1 Å². The highest BCUT2D eigenvalue weighted by atomic mass is 16.6. The van der Waals surface area contributed by atoms with Gasteiger partial charge in [0, 0.05) is 37.2 Å². The third-order valence-corrected chi connectivity index (χ3v) is 6.98. The molecule has 7 heteroatoms. The molecule has 1 spiro atoms. The maximum Gasteiger partial charge on any atom is 0.409 e. The zero-order valence-electron chi connectivity index (χ0n) is 18.1. The van der Waals surface area contributed by atoms with Gasteiger partial charge in [-0.3, -0.25) is 4.79 Å². The molecule has 7 nitrogen and oxygen atoms in total. The molecule has 2 amide bonds. The number of nitrogens with zero attached hydrogens (tertiary/aromatic N) is 2. The number of likely N-dealkylation sites (tertiary alicyclic amines) is 2. The number of hydrogen-bond acceptors (Lipinski definition) is 5. The zero-order chi connectivity index (χ0) is 22.3. The molecule has 0 aromatic heterocycles. The van der Waals surface area contributed by atoms with Crippen LogP contribution >= 0.6 is 0 Å². The summed E-state index contributed by atoms with van der Waals surface area (Å²) < 4.78 is 10.6. The zero-order valence-corrected chi connectivity index (χ0v) is 18.1. The van der Waals surface area contributed by atoms with E-state index in [9.17, 15) is 14.4 Å². The highest BCUT2D eigenvalue weighted by Crippen LogP contribution is 2.43. The summed E-state index contributed by atoms with van der Waals surface area (Å²) >= 11 is 0. The molecule has 0 unspecified atom stereocenters. The molecular formula is C25H26N2O5.